The number of imidazole rings is 1. The van der Waals surface area contributed by atoms with Gasteiger partial charge in [-0.25, -0.2) is 13.8 Å². The molecule has 31 heavy (non-hydrogen) atoms. The van der Waals surface area contributed by atoms with E-state index >= 15 is 0 Å². The summed E-state index contributed by atoms with van der Waals surface area (Å²) in [6.07, 6.45) is 4.36. The number of halogens is 3. The normalized spacial score (nSPS) is 15.9. The van der Waals surface area contributed by atoms with Crippen molar-refractivity contribution < 1.29 is 13.9 Å². The number of hydrogen-bond acceptors (Lipinski definition) is 4. The summed E-state index contributed by atoms with van der Waals surface area (Å²) in [7, 11) is 0. The third-order valence-electron chi connectivity index (χ3n) is 5.50. The maximum absolute atomic E-state index is 14.2. The highest BCUT2D eigenvalue weighted by atomic mass is 79.9. The van der Waals surface area contributed by atoms with Crippen molar-refractivity contribution in [1.29, 1.82) is 0 Å². The lowest BCUT2D eigenvalue weighted by molar-refractivity contribution is 0.330. The highest BCUT2D eigenvalue weighted by Gasteiger charge is 2.36. The van der Waals surface area contributed by atoms with Gasteiger partial charge in [0, 0.05) is 29.3 Å². The molecule has 5 rings (SSSR count). The maximum atomic E-state index is 14.2. The van der Waals surface area contributed by atoms with Gasteiger partial charge in [-0.15, -0.1) is 0 Å². The summed E-state index contributed by atoms with van der Waals surface area (Å²) in [4.78, 5) is 16.4. The van der Waals surface area contributed by atoms with Crippen LogP contribution in [0.5, 0.6) is 5.75 Å². The molecule has 0 saturated heterocycles. The molecule has 156 valence electrons. The van der Waals surface area contributed by atoms with E-state index in [0.29, 0.717) is 28.0 Å². The van der Waals surface area contributed by atoms with Crippen LogP contribution in [0.1, 0.15) is 23.1 Å². The van der Waals surface area contributed by atoms with Gasteiger partial charge < -0.3 is 9.67 Å². The molecular formula is C22H15BrF2N4O2. The van der Waals surface area contributed by atoms with E-state index in [1.807, 2.05) is 4.57 Å². The molecule has 0 amide bonds. The van der Waals surface area contributed by atoms with Gasteiger partial charge in [0.05, 0.1) is 12.2 Å². The SMILES string of the molecule is O=c1cnn2c(c1O)-c1nccn1C[C@@H]2[C@H](c1cccc(F)c1)c1ccc(F)cc1Br. The highest BCUT2D eigenvalue weighted by Crippen LogP contribution is 2.44. The summed E-state index contributed by atoms with van der Waals surface area (Å²) in [5.41, 5.74) is 0.929. The van der Waals surface area contributed by atoms with Gasteiger partial charge in [0.1, 0.15) is 17.3 Å². The molecule has 9 heteroatoms. The van der Waals surface area contributed by atoms with Gasteiger partial charge in [-0.2, -0.15) is 5.10 Å². The minimum atomic E-state index is -0.619. The average molecular weight is 485 g/mol. The Morgan fingerprint density at radius 3 is 2.74 bits per heavy atom. The standard InChI is InChI=1S/C22H15BrF2N4O2/c23-16-9-14(25)4-5-15(16)19(12-2-1-3-13(24)8-12)17-11-28-7-6-26-22(28)20-21(31)18(30)10-27-29(17)20/h1-10,17,19,31H,11H2/t17-,19-/m1/s1. The van der Waals surface area contributed by atoms with Gasteiger partial charge in [-0.3, -0.25) is 9.48 Å². The first-order valence-electron chi connectivity index (χ1n) is 9.46. The molecule has 0 spiro atoms. The van der Waals surface area contributed by atoms with Crippen molar-refractivity contribution in [2.45, 2.75) is 18.5 Å². The van der Waals surface area contributed by atoms with E-state index in [9.17, 15) is 18.7 Å². The second-order valence-electron chi connectivity index (χ2n) is 7.32. The average Bonchev–Trinajstić information content (AvgIpc) is 3.20. The Balaban J connectivity index is 1.78. The zero-order chi connectivity index (χ0) is 21.7. The minimum absolute atomic E-state index is 0.188. The second kappa shape index (κ2) is 7.42. The quantitative estimate of drug-likeness (QED) is 0.472. The third-order valence-corrected chi connectivity index (χ3v) is 6.19. The van der Waals surface area contributed by atoms with Crippen molar-refractivity contribution in [3.8, 4) is 17.3 Å². The number of rotatable bonds is 3. The van der Waals surface area contributed by atoms with Crippen molar-refractivity contribution in [1.82, 2.24) is 19.3 Å². The lowest BCUT2D eigenvalue weighted by Gasteiger charge is -2.35. The van der Waals surface area contributed by atoms with Crippen LogP contribution in [0.3, 0.4) is 0 Å². The van der Waals surface area contributed by atoms with E-state index in [0.717, 1.165) is 6.20 Å². The zero-order valence-electron chi connectivity index (χ0n) is 15.9. The van der Waals surface area contributed by atoms with Crippen LogP contribution >= 0.6 is 15.9 Å². The Hall–Kier alpha value is -3.33. The Bertz CT molecular complexity index is 1370. The topological polar surface area (TPSA) is 72.9 Å². The Labute approximate surface area is 183 Å². The van der Waals surface area contributed by atoms with Crippen LogP contribution in [0.15, 0.2) is 70.3 Å². The molecule has 0 fully saturated rings. The Morgan fingerprint density at radius 2 is 1.97 bits per heavy atom. The summed E-state index contributed by atoms with van der Waals surface area (Å²) in [5.74, 6) is -1.34. The van der Waals surface area contributed by atoms with E-state index in [1.54, 1.807) is 35.3 Å². The molecule has 0 bridgehead atoms. The number of hydrogen-bond donors (Lipinski definition) is 1. The van der Waals surface area contributed by atoms with Crippen LogP contribution in [0.2, 0.25) is 0 Å². The fraction of sp³-hybridized carbons (Fsp3) is 0.136. The molecule has 2 aromatic carbocycles. The van der Waals surface area contributed by atoms with Crippen molar-refractivity contribution >= 4 is 15.9 Å². The number of benzene rings is 2. The van der Waals surface area contributed by atoms with Crippen LogP contribution in [0, 0.1) is 11.6 Å². The van der Waals surface area contributed by atoms with Gasteiger partial charge in [0.15, 0.2) is 11.6 Å². The smallest absolute Gasteiger partial charge is 0.242 e. The summed E-state index contributed by atoms with van der Waals surface area (Å²) in [6, 6.07) is 10.0. The van der Waals surface area contributed by atoms with Gasteiger partial charge in [-0.1, -0.05) is 34.1 Å². The first-order chi connectivity index (χ1) is 14.9. The van der Waals surface area contributed by atoms with Gasteiger partial charge in [0.25, 0.3) is 0 Å². The number of nitrogens with zero attached hydrogens (tertiary/aromatic N) is 4. The Kier molecular flexibility index (Phi) is 4.70. The van der Waals surface area contributed by atoms with E-state index in [-0.39, 0.29) is 5.69 Å². The van der Waals surface area contributed by atoms with E-state index in [1.165, 1.54) is 24.3 Å². The fourth-order valence-electron chi connectivity index (χ4n) is 4.18. The molecule has 0 saturated carbocycles. The molecule has 2 atom stereocenters. The third kappa shape index (κ3) is 3.25. The molecule has 1 aliphatic rings. The van der Waals surface area contributed by atoms with Gasteiger partial charge >= 0.3 is 0 Å². The van der Waals surface area contributed by atoms with Crippen LogP contribution in [0.4, 0.5) is 8.78 Å². The zero-order valence-corrected chi connectivity index (χ0v) is 17.5. The molecule has 1 aliphatic heterocycles. The van der Waals surface area contributed by atoms with Crippen molar-refractivity contribution in [3.63, 3.8) is 0 Å². The molecular weight excluding hydrogens is 470 g/mol. The lowest BCUT2D eigenvalue weighted by atomic mass is 9.84. The molecule has 3 heterocycles. The molecule has 2 aromatic heterocycles. The van der Waals surface area contributed by atoms with E-state index in [2.05, 4.69) is 26.0 Å². The monoisotopic (exact) mass is 484 g/mol. The summed E-state index contributed by atoms with van der Waals surface area (Å²) < 4.78 is 31.9. The highest BCUT2D eigenvalue weighted by molar-refractivity contribution is 9.10. The molecule has 6 nitrogen and oxygen atoms in total. The lowest BCUT2D eigenvalue weighted by Crippen LogP contribution is -2.32. The van der Waals surface area contributed by atoms with Crippen molar-refractivity contribution in [2.24, 2.45) is 0 Å². The minimum Gasteiger partial charge on any atom is -0.503 e. The summed E-state index contributed by atoms with van der Waals surface area (Å²) in [6.45, 7) is 0.392. The molecule has 0 unspecified atom stereocenters. The van der Waals surface area contributed by atoms with Gasteiger partial charge in [-0.05, 0) is 35.4 Å². The maximum Gasteiger partial charge on any atom is 0.242 e. The second-order valence-corrected chi connectivity index (χ2v) is 8.17. The van der Waals surface area contributed by atoms with Crippen LogP contribution in [0.25, 0.3) is 11.5 Å². The van der Waals surface area contributed by atoms with Gasteiger partial charge in [0.2, 0.25) is 5.43 Å². The Morgan fingerprint density at radius 1 is 1.16 bits per heavy atom. The molecule has 1 N–H and O–H groups in total. The number of fused-ring (bicyclic) bond motifs is 3. The number of aromatic hydroxyl groups is 1. The molecule has 4 aromatic rings. The predicted molar refractivity (Wildman–Crippen MR) is 113 cm³/mol. The van der Waals surface area contributed by atoms with E-state index < -0.39 is 34.8 Å². The largest absolute Gasteiger partial charge is 0.503 e. The molecule has 0 aliphatic carbocycles. The molecule has 0 radical (unpaired) electrons. The number of aromatic nitrogens is 4. The summed E-state index contributed by atoms with van der Waals surface area (Å²) in [5, 5.41) is 14.8. The predicted octanol–water partition coefficient (Wildman–Crippen LogP) is 4.24. The first-order valence-corrected chi connectivity index (χ1v) is 10.3. The first kappa shape index (κ1) is 19.6. The van der Waals surface area contributed by atoms with Crippen molar-refractivity contribution in [2.75, 3.05) is 0 Å². The fourth-order valence-corrected chi connectivity index (χ4v) is 4.78. The summed E-state index contributed by atoms with van der Waals surface area (Å²) >= 11 is 3.44. The van der Waals surface area contributed by atoms with Crippen LogP contribution < -0.4 is 5.43 Å². The van der Waals surface area contributed by atoms with Crippen LogP contribution in [-0.2, 0) is 6.54 Å². The van der Waals surface area contributed by atoms with Crippen LogP contribution in [-0.4, -0.2) is 24.4 Å². The van der Waals surface area contributed by atoms with E-state index in [4.69, 9.17) is 0 Å². The van der Waals surface area contributed by atoms with Crippen molar-refractivity contribution in [3.05, 3.63) is 98.5 Å².